The fourth-order valence-electron chi connectivity index (χ4n) is 1.56. The van der Waals surface area contributed by atoms with E-state index in [1.54, 1.807) is 6.92 Å². The van der Waals surface area contributed by atoms with Crippen LogP contribution < -0.4 is 10.5 Å². The van der Waals surface area contributed by atoms with E-state index in [0.29, 0.717) is 10.2 Å². The van der Waals surface area contributed by atoms with E-state index < -0.39 is 11.8 Å². The molecule has 0 unspecified atom stereocenters. The third-order valence-corrected chi connectivity index (χ3v) is 3.13. The molecule has 0 bridgehead atoms. The molecular weight excluding hydrogens is 343 g/mol. The van der Waals surface area contributed by atoms with Gasteiger partial charge in [0.25, 0.3) is 0 Å². The van der Waals surface area contributed by atoms with Gasteiger partial charge in [-0.05, 0) is 41.1 Å². The Morgan fingerprint density at radius 3 is 2.86 bits per heavy atom. The molecular formula is C14H12BrFN2O3. The lowest BCUT2D eigenvalue weighted by atomic mass is 10.2. The van der Waals surface area contributed by atoms with E-state index in [1.807, 2.05) is 0 Å². The zero-order valence-electron chi connectivity index (χ0n) is 11.1. The van der Waals surface area contributed by atoms with Crippen LogP contribution in [-0.4, -0.2) is 17.6 Å². The monoisotopic (exact) mass is 354 g/mol. The zero-order chi connectivity index (χ0) is 15.4. The third-order valence-electron chi connectivity index (χ3n) is 2.51. The number of halogens is 2. The Balaban J connectivity index is 2.28. The average molecular weight is 355 g/mol. The number of pyridine rings is 1. The number of ether oxygens (including phenoxy) is 2. The highest BCUT2D eigenvalue weighted by Crippen LogP contribution is 2.30. The van der Waals surface area contributed by atoms with Crippen LogP contribution in [0.1, 0.15) is 17.3 Å². The van der Waals surface area contributed by atoms with Crippen LogP contribution in [0.5, 0.6) is 11.6 Å². The van der Waals surface area contributed by atoms with E-state index in [9.17, 15) is 9.18 Å². The number of nitrogens with two attached hydrogens (primary N) is 1. The second-order valence-corrected chi connectivity index (χ2v) is 4.86. The minimum Gasteiger partial charge on any atom is -0.462 e. The first kappa shape index (κ1) is 15.2. The number of nitrogen functional groups attached to an aromatic ring is 1. The third kappa shape index (κ3) is 3.69. The molecule has 0 radical (unpaired) electrons. The van der Waals surface area contributed by atoms with Crippen LogP contribution in [0.15, 0.2) is 34.9 Å². The average Bonchev–Trinajstić information content (AvgIpc) is 2.44. The molecule has 1 aromatic carbocycles. The number of esters is 1. The van der Waals surface area contributed by atoms with E-state index in [0.717, 1.165) is 0 Å². The predicted octanol–water partition coefficient (Wildman–Crippen LogP) is 3.53. The molecule has 1 heterocycles. The van der Waals surface area contributed by atoms with Crippen LogP contribution in [0.2, 0.25) is 0 Å². The minimum absolute atomic E-state index is 0.152. The number of aromatic nitrogens is 1. The molecule has 0 spiro atoms. The van der Waals surface area contributed by atoms with Crippen molar-refractivity contribution in [3.8, 4) is 11.6 Å². The summed E-state index contributed by atoms with van der Waals surface area (Å²) < 4.78 is 23.8. The molecule has 0 amide bonds. The predicted molar refractivity (Wildman–Crippen MR) is 78.8 cm³/mol. The Hall–Kier alpha value is -2.15. The molecule has 0 aliphatic rings. The molecule has 0 fully saturated rings. The summed E-state index contributed by atoms with van der Waals surface area (Å²) in [6, 6.07) is 5.34. The van der Waals surface area contributed by atoms with Crippen LogP contribution >= 0.6 is 15.9 Å². The van der Waals surface area contributed by atoms with Crippen molar-refractivity contribution in [3.63, 3.8) is 0 Å². The molecule has 0 atom stereocenters. The van der Waals surface area contributed by atoms with Crippen molar-refractivity contribution >= 4 is 27.6 Å². The van der Waals surface area contributed by atoms with Gasteiger partial charge < -0.3 is 15.2 Å². The van der Waals surface area contributed by atoms with Gasteiger partial charge in [0.15, 0.2) is 0 Å². The fraction of sp³-hybridized carbons (Fsp3) is 0.143. The highest BCUT2D eigenvalue weighted by Gasteiger charge is 2.14. The molecule has 0 saturated carbocycles. The summed E-state index contributed by atoms with van der Waals surface area (Å²) in [5.74, 6) is -0.435. The van der Waals surface area contributed by atoms with Crippen molar-refractivity contribution in [2.24, 2.45) is 0 Å². The second kappa shape index (κ2) is 6.53. The first-order chi connectivity index (χ1) is 10.0. The maximum Gasteiger partial charge on any atom is 0.340 e. The lowest BCUT2D eigenvalue weighted by Gasteiger charge is -2.09. The van der Waals surface area contributed by atoms with Gasteiger partial charge in [0.2, 0.25) is 5.88 Å². The van der Waals surface area contributed by atoms with E-state index in [1.165, 1.54) is 30.5 Å². The summed E-state index contributed by atoms with van der Waals surface area (Å²) in [5, 5.41) is 0. The van der Waals surface area contributed by atoms with Gasteiger partial charge in [0.05, 0.1) is 28.5 Å². The largest absolute Gasteiger partial charge is 0.462 e. The quantitative estimate of drug-likeness (QED) is 0.850. The molecule has 2 rings (SSSR count). The minimum atomic E-state index is -0.555. The van der Waals surface area contributed by atoms with Gasteiger partial charge in [-0.3, -0.25) is 0 Å². The van der Waals surface area contributed by atoms with E-state index in [-0.39, 0.29) is 23.7 Å². The van der Waals surface area contributed by atoms with Crippen LogP contribution in [0, 0.1) is 5.82 Å². The number of carbonyl (C=O) groups excluding carboxylic acids is 1. The molecule has 21 heavy (non-hydrogen) atoms. The van der Waals surface area contributed by atoms with Gasteiger partial charge in [-0.15, -0.1) is 0 Å². The Morgan fingerprint density at radius 1 is 1.43 bits per heavy atom. The summed E-state index contributed by atoms with van der Waals surface area (Å²) >= 11 is 3.18. The van der Waals surface area contributed by atoms with Crippen LogP contribution in [0.25, 0.3) is 0 Å². The number of rotatable bonds is 4. The van der Waals surface area contributed by atoms with Gasteiger partial charge in [0.1, 0.15) is 11.6 Å². The summed E-state index contributed by atoms with van der Waals surface area (Å²) in [5.41, 5.74) is 6.05. The molecule has 7 heteroatoms. The van der Waals surface area contributed by atoms with Gasteiger partial charge in [-0.25, -0.2) is 14.2 Å². The van der Waals surface area contributed by atoms with Crippen molar-refractivity contribution in [1.29, 1.82) is 0 Å². The van der Waals surface area contributed by atoms with E-state index in [2.05, 4.69) is 20.9 Å². The van der Waals surface area contributed by atoms with Crippen LogP contribution in [0.3, 0.4) is 0 Å². The molecule has 5 nitrogen and oxygen atoms in total. The topological polar surface area (TPSA) is 74.4 Å². The molecule has 1 aromatic heterocycles. The van der Waals surface area contributed by atoms with E-state index >= 15 is 0 Å². The molecule has 0 aliphatic carbocycles. The van der Waals surface area contributed by atoms with Crippen molar-refractivity contribution in [1.82, 2.24) is 4.98 Å². The van der Waals surface area contributed by atoms with Crippen LogP contribution in [-0.2, 0) is 4.74 Å². The Labute approximate surface area is 129 Å². The maximum absolute atomic E-state index is 13.0. The van der Waals surface area contributed by atoms with Gasteiger partial charge in [-0.2, -0.15) is 0 Å². The Kier molecular flexibility index (Phi) is 4.74. The zero-order valence-corrected chi connectivity index (χ0v) is 12.7. The first-order valence-corrected chi connectivity index (χ1v) is 6.86. The van der Waals surface area contributed by atoms with Crippen molar-refractivity contribution in [3.05, 3.63) is 46.3 Å². The summed E-state index contributed by atoms with van der Waals surface area (Å²) in [6.45, 7) is 1.93. The molecule has 110 valence electrons. The molecule has 0 aliphatic heterocycles. The highest BCUT2D eigenvalue weighted by atomic mass is 79.9. The number of anilines is 1. The second-order valence-electron chi connectivity index (χ2n) is 4.01. The summed E-state index contributed by atoms with van der Waals surface area (Å²) in [6.07, 6.45) is 1.30. The molecule has 2 N–H and O–H groups in total. The highest BCUT2D eigenvalue weighted by molar-refractivity contribution is 9.10. The number of nitrogens with zero attached hydrogens (tertiary/aromatic N) is 1. The van der Waals surface area contributed by atoms with Crippen molar-refractivity contribution < 1.29 is 18.7 Å². The Bertz CT molecular complexity index is 679. The number of hydrogen-bond donors (Lipinski definition) is 1. The molecule has 0 saturated heterocycles. The van der Waals surface area contributed by atoms with Gasteiger partial charge in [0, 0.05) is 6.07 Å². The number of benzene rings is 1. The van der Waals surface area contributed by atoms with Gasteiger partial charge >= 0.3 is 5.97 Å². The number of carbonyl (C=O) groups is 1. The van der Waals surface area contributed by atoms with Crippen molar-refractivity contribution in [2.75, 3.05) is 12.3 Å². The first-order valence-electron chi connectivity index (χ1n) is 6.06. The standard InChI is InChI=1S/C14H12BrFN2O3/c1-2-20-14(19)9-6-13(18-7-11(9)17)21-12-4-3-8(16)5-10(12)15/h3-7H,2,17H2,1H3. The van der Waals surface area contributed by atoms with Crippen molar-refractivity contribution in [2.45, 2.75) is 6.92 Å². The Morgan fingerprint density at radius 2 is 2.19 bits per heavy atom. The van der Waals surface area contributed by atoms with E-state index in [4.69, 9.17) is 15.2 Å². The normalized spacial score (nSPS) is 10.2. The maximum atomic E-state index is 13.0. The SMILES string of the molecule is CCOC(=O)c1cc(Oc2ccc(F)cc2Br)ncc1N. The van der Waals surface area contributed by atoms with Gasteiger partial charge in [-0.1, -0.05) is 0 Å². The fourth-order valence-corrected chi connectivity index (χ4v) is 1.99. The summed E-state index contributed by atoms with van der Waals surface area (Å²) in [7, 11) is 0. The lowest BCUT2D eigenvalue weighted by Crippen LogP contribution is -2.08. The lowest BCUT2D eigenvalue weighted by molar-refractivity contribution is 0.0527. The molecule has 2 aromatic rings. The number of hydrogen-bond acceptors (Lipinski definition) is 5. The smallest absolute Gasteiger partial charge is 0.340 e. The van der Waals surface area contributed by atoms with Crippen LogP contribution in [0.4, 0.5) is 10.1 Å². The summed E-state index contributed by atoms with van der Waals surface area (Å²) in [4.78, 5) is 15.7.